The van der Waals surface area contributed by atoms with E-state index in [-0.39, 0.29) is 12.1 Å². The Balaban J connectivity index is 1.86. The van der Waals surface area contributed by atoms with E-state index in [0.717, 1.165) is 29.8 Å². The average Bonchev–Trinajstić information content (AvgIpc) is 2.75. The summed E-state index contributed by atoms with van der Waals surface area (Å²) in [4.78, 5) is 18.3. The van der Waals surface area contributed by atoms with E-state index in [4.69, 9.17) is 4.74 Å². The molecule has 1 aromatic heterocycles. The van der Waals surface area contributed by atoms with Gasteiger partial charge in [-0.15, -0.1) is 0 Å². The van der Waals surface area contributed by atoms with E-state index in [2.05, 4.69) is 31.1 Å². The second-order valence-electron chi connectivity index (χ2n) is 5.91. The first-order valence-corrected chi connectivity index (χ1v) is 7.49. The van der Waals surface area contributed by atoms with Crippen molar-refractivity contribution in [1.82, 2.24) is 10.3 Å². The van der Waals surface area contributed by atoms with Crippen LogP contribution in [0.1, 0.15) is 27.2 Å². The Hall–Kier alpha value is -1.30. The standard InChI is InChI=1S/C14H20BrN3O2/c1-14(2,3)20-13(19)17-11-6-7-18(9-11)12-5-4-10(15)8-16-12/h4-5,8,11H,6-7,9H2,1-3H3,(H,17,19)/t11-/m0/s1. The number of rotatable bonds is 2. The van der Waals surface area contributed by atoms with Crippen LogP contribution in [0.5, 0.6) is 0 Å². The van der Waals surface area contributed by atoms with Crippen molar-refractivity contribution in [2.45, 2.75) is 38.8 Å². The van der Waals surface area contributed by atoms with Gasteiger partial charge < -0.3 is 15.0 Å². The normalized spacial score (nSPS) is 19.0. The van der Waals surface area contributed by atoms with E-state index in [9.17, 15) is 4.79 Å². The number of hydrogen-bond acceptors (Lipinski definition) is 4. The molecule has 0 aliphatic carbocycles. The van der Waals surface area contributed by atoms with Gasteiger partial charge in [0.2, 0.25) is 0 Å². The van der Waals surface area contributed by atoms with E-state index in [1.165, 1.54) is 0 Å². The Morgan fingerprint density at radius 3 is 2.85 bits per heavy atom. The molecular weight excluding hydrogens is 322 g/mol. The molecule has 6 heteroatoms. The fourth-order valence-corrected chi connectivity index (χ4v) is 2.35. The zero-order valence-electron chi connectivity index (χ0n) is 12.0. The summed E-state index contributed by atoms with van der Waals surface area (Å²) in [5.41, 5.74) is -0.463. The SMILES string of the molecule is CC(C)(C)OC(=O)N[C@H]1CCN(c2ccc(Br)cn2)C1. The second-order valence-corrected chi connectivity index (χ2v) is 6.83. The van der Waals surface area contributed by atoms with E-state index in [1.54, 1.807) is 6.20 Å². The van der Waals surface area contributed by atoms with Crippen LogP contribution in [0.15, 0.2) is 22.8 Å². The van der Waals surface area contributed by atoms with Crippen LogP contribution in [-0.4, -0.2) is 35.8 Å². The highest BCUT2D eigenvalue weighted by molar-refractivity contribution is 9.10. The lowest BCUT2D eigenvalue weighted by molar-refractivity contribution is 0.0509. The van der Waals surface area contributed by atoms with Crippen molar-refractivity contribution in [2.75, 3.05) is 18.0 Å². The molecule has 2 rings (SSSR count). The van der Waals surface area contributed by atoms with Gasteiger partial charge in [-0.1, -0.05) is 0 Å². The summed E-state index contributed by atoms with van der Waals surface area (Å²) in [6.45, 7) is 7.22. The smallest absolute Gasteiger partial charge is 0.407 e. The minimum absolute atomic E-state index is 0.107. The summed E-state index contributed by atoms with van der Waals surface area (Å²) in [5.74, 6) is 0.932. The van der Waals surface area contributed by atoms with Gasteiger partial charge in [0.15, 0.2) is 0 Å². The van der Waals surface area contributed by atoms with Gasteiger partial charge in [0.05, 0.1) is 6.04 Å². The number of amides is 1. The number of pyridine rings is 1. The number of anilines is 1. The lowest BCUT2D eigenvalue weighted by atomic mass is 10.2. The van der Waals surface area contributed by atoms with Gasteiger partial charge in [-0.2, -0.15) is 0 Å². The number of carbonyl (C=O) groups excluding carboxylic acids is 1. The Bertz CT molecular complexity index is 470. The molecular formula is C14H20BrN3O2. The van der Waals surface area contributed by atoms with Crippen LogP contribution in [0.2, 0.25) is 0 Å². The quantitative estimate of drug-likeness (QED) is 0.898. The Labute approximate surface area is 127 Å². The van der Waals surface area contributed by atoms with Gasteiger partial charge in [0.25, 0.3) is 0 Å². The van der Waals surface area contributed by atoms with Crippen molar-refractivity contribution in [2.24, 2.45) is 0 Å². The maximum atomic E-state index is 11.7. The number of ether oxygens (including phenoxy) is 1. The number of aromatic nitrogens is 1. The second kappa shape index (κ2) is 5.99. The minimum Gasteiger partial charge on any atom is -0.444 e. The first-order chi connectivity index (χ1) is 9.33. The highest BCUT2D eigenvalue weighted by atomic mass is 79.9. The molecule has 1 aliphatic heterocycles. The van der Waals surface area contributed by atoms with E-state index < -0.39 is 5.60 Å². The highest BCUT2D eigenvalue weighted by Gasteiger charge is 2.26. The largest absolute Gasteiger partial charge is 0.444 e. The van der Waals surface area contributed by atoms with Gasteiger partial charge in [-0.25, -0.2) is 9.78 Å². The predicted molar refractivity (Wildman–Crippen MR) is 81.9 cm³/mol. The van der Waals surface area contributed by atoms with Crippen LogP contribution in [-0.2, 0) is 4.74 Å². The molecule has 1 fully saturated rings. The molecule has 1 atom stereocenters. The van der Waals surface area contributed by atoms with Gasteiger partial charge in [-0.3, -0.25) is 0 Å². The lowest BCUT2D eigenvalue weighted by Crippen LogP contribution is -2.40. The van der Waals surface area contributed by atoms with Crippen LogP contribution < -0.4 is 10.2 Å². The third kappa shape index (κ3) is 4.37. The molecule has 110 valence electrons. The molecule has 1 aromatic rings. The summed E-state index contributed by atoms with van der Waals surface area (Å²) in [6.07, 6.45) is 2.33. The first kappa shape index (κ1) is 15.1. The number of carbonyl (C=O) groups is 1. The van der Waals surface area contributed by atoms with Gasteiger partial charge in [0, 0.05) is 23.8 Å². The predicted octanol–water partition coefficient (Wildman–Crippen LogP) is 2.95. The van der Waals surface area contributed by atoms with Crippen molar-refractivity contribution < 1.29 is 9.53 Å². The molecule has 0 unspecified atom stereocenters. The average molecular weight is 342 g/mol. The van der Waals surface area contributed by atoms with Crippen molar-refractivity contribution >= 4 is 27.8 Å². The topological polar surface area (TPSA) is 54.5 Å². The molecule has 1 N–H and O–H groups in total. The molecule has 0 aromatic carbocycles. The molecule has 0 spiro atoms. The summed E-state index contributed by atoms with van der Waals surface area (Å²) < 4.78 is 6.23. The third-order valence-electron chi connectivity index (χ3n) is 2.94. The van der Waals surface area contributed by atoms with E-state index >= 15 is 0 Å². The molecule has 0 radical (unpaired) electrons. The van der Waals surface area contributed by atoms with Crippen molar-refractivity contribution in [3.63, 3.8) is 0 Å². The van der Waals surface area contributed by atoms with Crippen LogP contribution >= 0.6 is 15.9 Å². The molecule has 0 bridgehead atoms. The number of halogens is 1. The number of nitrogens with zero attached hydrogens (tertiary/aromatic N) is 2. The maximum Gasteiger partial charge on any atom is 0.407 e. The zero-order valence-corrected chi connectivity index (χ0v) is 13.6. The maximum absolute atomic E-state index is 11.7. The first-order valence-electron chi connectivity index (χ1n) is 6.69. The molecule has 5 nitrogen and oxygen atoms in total. The highest BCUT2D eigenvalue weighted by Crippen LogP contribution is 2.20. The Morgan fingerprint density at radius 1 is 1.50 bits per heavy atom. The lowest BCUT2D eigenvalue weighted by Gasteiger charge is -2.22. The van der Waals surface area contributed by atoms with E-state index in [0.29, 0.717) is 0 Å². The molecule has 2 heterocycles. The monoisotopic (exact) mass is 341 g/mol. The Morgan fingerprint density at radius 2 is 2.25 bits per heavy atom. The van der Waals surface area contributed by atoms with Crippen LogP contribution in [0.4, 0.5) is 10.6 Å². The third-order valence-corrected chi connectivity index (χ3v) is 3.41. The minimum atomic E-state index is -0.463. The molecule has 1 saturated heterocycles. The zero-order chi connectivity index (χ0) is 14.8. The van der Waals surface area contributed by atoms with Crippen LogP contribution in [0, 0.1) is 0 Å². The fourth-order valence-electron chi connectivity index (χ4n) is 2.12. The summed E-state index contributed by atoms with van der Waals surface area (Å²) in [5, 5.41) is 2.91. The summed E-state index contributed by atoms with van der Waals surface area (Å²) in [7, 11) is 0. The molecule has 20 heavy (non-hydrogen) atoms. The number of hydrogen-bond donors (Lipinski definition) is 1. The Kier molecular flexibility index (Phi) is 4.52. The van der Waals surface area contributed by atoms with Gasteiger partial charge in [-0.05, 0) is 55.3 Å². The molecule has 0 saturated carbocycles. The molecule has 1 aliphatic rings. The molecule has 1 amide bonds. The van der Waals surface area contributed by atoms with Crippen molar-refractivity contribution in [3.8, 4) is 0 Å². The van der Waals surface area contributed by atoms with Crippen molar-refractivity contribution in [1.29, 1.82) is 0 Å². The summed E-state index contributed by atoms with van der Waals surface area (Å²) >= 11 is 3.37. The fraction of sp³-hybridized carbons (Fsp3) is 0.571. The summed E-state index contributed by atoms with van der Waals surface area (Å²) in [6, 6.07) is 4.05. The van der Waals surface area contributed by atoms with Gasteiger partial charge in [0.1, 0.15) is 11.4 Å². The van der Waals surface area contributed by atoms with Crippen LogP contribution in [0.25, 0.3) is 0 Å². The van der Waals surface area contributed by atoms with Gasteiger partial charge >= 0.3 is 6.09 Å². The number of alkyl carbamates (subject to hydrolysis) is 1. The van der Waals surface area contributed by atoms with Crippen molar-refractivity contribution in [3.05, 3.63) is 22.8 Å². The van der Waals surface area contributed by atoms with E-state index in [1.807, 2.05) is 32.9 Å². The van der Waals surface area contributed by atoms with Crippen LogP contribution in [0.3, 0.4) is 0 Å². The number of nitrogens with one attached hydrogen (secondary N) is 1.